The standard InChI is InChI=1S/C25H23FN6O/c26-20-5-3-16(4-6-20)25(33)32-23-12-19-11-17(1-2-18(19)13-29-23)22-14-28-15-24(31-22)30-21-7-9-27-10-8-21/h1-6,11-15,21,27H,7-10H2,(H,30,31)(H,29,32,33). The van der Waals surface area contributed by atoms with Crippen molar-refractivity contribution >= 4 is 28.3 Å². The molecule has 1 aliphatic heterocycles. The Morgan fingerprint density at radius 3 is 2.58 bits per heavy atom. The second-order valence-electron chi connectivity index (χ2n) is 8.05. The number of nitrogens with one attached hydrogen (secondary N) is 3. The number of rotatable bonds is 5. The third-order valence-corrected chi connectivity index (χ3v) is 5.69. The van der Waals surface area contributed by atoms with Crippen LogP contribution in [0.2, 0.25) is 0 Å². The molecule has 3 heterocycles. The van der Waals surface area contributed by atoms with Gasteiger partial charge in [-0.3, -0.25) is 9.78 Å². The number of carbonyl (C=O) groups excluding carboxylic acids is 1. The van der Waals surface area contributed by atoms with Crippen molar-refractivity contribution in [2.24, 2.45) is 0 Å². The second-order valence-corrected chi connectivity index (χ2v) is 8.05. The number of carbonyl (C=O) groups is 1. The Morgan fingerprint density at radius 2 is 1.76 bits per heavy atom. The van der Waals surface area contributed by atoms with E-state index in [1.54, 1.807) is 18.6 Å². The average molecular weight is 442 g/mol. The van der Waals surface area contributed by atoms with E-state index in [0.29, 0.717) is 17.4 Å². The minimum atomic E-state index is -0.388. The predicted molar refractivity (Wildman–Crippen MR) is 127 cm³/mol. The van der Waals surface area contributed by atoms with Crippen molar-refractivity contribution in [2.75, 3.05) is 23.7 Å². The van der Waals surface area contributed by atoms with Crippen LogP contribution in [-0.4, -0.2) is 40.0 Å². The summed E-state index contributed by atoms with van der Waals surface area (Å²) in [5, 5.41) is 11.5. The van der Waals surface area contributed by atoms with E-state index in [4.69, 9.17) is 4.98 Å². The van der Waals surface area contributed by atoms with Gasteiger partial charge in [0.15, 0.2) is 0 Å². The quantitative estimate of drug-likeness (QED) is 0.428. The molecule has 166 valence electrons. The number of hydrogen-bond acceptors (Lipinski definition) is 6. The van der Waals surface area contributed by atoms with E-state index in [9.17, 15) is 9.18 Å². The number of hydrogen-bond donors (Lipinski definition) is 3. The molecule has 2 aromatic carbocycles. The summed E-state index contributed by atoms with van der Waals surface area (Å²) >= 11 is 0. The molecule has 1 aliphatic rings. The number of aromatic nitrogens is 3. The number of pyridine rings is 1. The lowest BCUT2D eigenvalue weighted by atomic mass is 10.1. The first kappa shape index (κ1) is 21.0. The van der Waals surface area contributed by atoms with Gasteiger partial charge in [-0.15, -0.1) is 0 Å². The Bertz CT molecular complexity index is 1290. The summed E-state index contributed by atoms with van der Waals surface area (Å²) < 4.78 is 13.1. The molecule has 1 saturated heterocycles. The van der Waals surface area contributed by atoms with Crippen molar-refractivity contribution in [2.45, 2.75) is 18.9 Å². The van der Waals surface area contributed by atoms with Crippen LogP contribution >= 0.6 is 0 Å². The van der Waals surface area contributed by atoms with Crippen LogP contribution in [-0.2, 0) is 0 Å². The fourth-order valence-corrected chi connectivity index (χ4v) is 3.91. The highest BCUT2D eigenvalue weighted by molar-refractivity contribution is 6.04. The Kier molecular flexibility index (Phi) is 5.91. The van der Waals surface area contributed by atoms with E-state index in [0.717, 1.165) is 53.8 Å². The first-order valence-corrected chi connectivity index (χ1v) is 10.9. The van der Waals surface area contributed by atoms with Gasteiger partial charge in [0.1, 0.15) is 17.5 Å². The van der Waals surface area contributed by atoms with Crippen molar-refractivity contribution in [1.82, 2.24) is 20.3 Å². The molecule has 0 bridgehead atoms. The van der Waals surface area contributed by atoms with Crippen LogP contribution in [0.25, 0.3) is 22.0 Å². The number of halogens is 1. The lowest BCUT2D eigenvalue weighted by Gasteiger charge is -2.24. The molecule has 7 nitrogen and oxygen atoms in total. The zero-order valence-corrected chi connectivity index (χ0v) is 17.9. The zero-order valence-electron chi connectivity index (χ0n) is 17.9. The molecule has 1 fully saturated rings. The maximum atomic E-state index is 13.1. The maximum absolute atomic E-state index is 13.1. The smallest absolute Gasteiger partial charge is 0.256 e. The van der Waals surface area contributed by atoms with Gasteiger partial charge in [-0.2, -0.15) is 0 Å². The molecule has 0 saturated carbocycles. The minimum absolute atomic E-state index is 0.347. The molecule has 0 aliphatic carbocycles. The molecular formula is C25H23FN6O. The van der Waals surface area contributed by atoms with Crippen molar-refractivity contribution in [3.8, 4) is 11.3 Å². The molecule has 0 atom stereocenters. The number of fused-ring (bicyclic) bond motifs is 1. The fraction of sp³-hybridized carbons (Fsp3) is 0.200. The van der Waals surface area contributed by atoms with Crippen LogP contribution in [0.5, 0.6) is 0 Å². The van der Waals surface area contributed by atoms with Gasteiger partial charge in [-0.05, 0) is 67.7 Å². The van der Waals surface area contributed by atoms with Crippen molar-refractivity contribution in [1.29, 1.82) is 0 Å². The van der Waals surface area contributed by atoms with Crippen LogP contribution in [0.15, 0.2) is 67.1 Å². The van der Waals surface area contributed by atoms with E-state index in [1.165, 1.54) is 24.3 Å². The van der Waals surface area contributed by atoms with Crippen LogP contribution in [0.4, 0.5) is 16.0 Å². The van der Waals surface area contributed by atoms with Crippen LogP contribution in [0.1, 0.15) is 23.2 Å². The Balaban J connectivity index is 1.37. The largest absolute Gasteiger partial charge is 0.366 e. The van der Waals surface area contributed by atoms with Gasteiger partial charge in [0.25, 0.3) is 5.91 Å². The van der Waals surface area contributed by atoms with Gasteiger partial charge in [0.05, 0.1) is 18.1 Å². The first-order chi connectivity index (χ1) is 16.1. The summed E-state index contributed by atoms with van der Waals surface area (Å²) in [6.07, 6.45) is 7.32. The Labute approximate surface area is 190 Å². The summed E-state index contributed by atoms with van der Waals surface area (Å²) in [6, 6.07) is 13.5. The molecule has 4 aromatic rings. The molecule has 3 N–H and O–H groups in total. The van der Waals surface area contributed by atoms with Crippen LogP contribution in [0, 0.1) is 5.82 Å². The monoisotopic (exact) mass is 442 g/mol. The molecule has 1 amide bonds. The molecule has 0 spiro atoms. The predicted octanol–water partition coefficient (Wildman–Crippen LogP) is 4.25. The average Bonchev–Trinajstić information content (AvgIpc) is 2.85. The molecule has 2 aromatic heterocycles. The third-order valence-electron chi connectivity index (χ3n) is 5.69. The van der Waals surface area contributed by atoms with Gasteiger partial charge in [-0.1, -0.05) is 12.1 Å². The number of benzene rings is 2. The second kappa shape index (κ2) is 9.30. The maximum Gasteiger partial charge on any atom is 0.256 e. The molecule has 0 unspecified atom stereocenters. The topological polar surface area (TPSA) is 91.8 Å². The highest BCUT2D eigenvalue weighted by Crippen LogP contribution is 2.25. The summed E-state index contributed by atoms with van der Waals surface area (Å²) in [5.41, 5.74) is 2.05. The van der Waals surface area contributed by atoms with E-state index in [-0.39, 0.29) is 11.7 Å². The molecule has 0 radical (unpaired) electrons. The van der Waals surface area contributed by atoms with Gasteiger partial charge >= 0.3 is 0 Å². The van der Waals surface area contributed by atoms with Gasteiger partial charge < -0.3 is 16.0 Å². The molecule has 5 rings (SSSR count). The molecular weight excluding hydrogens is 419 g/mol. The van der Waals surface area contributed by atoms with E-state index in [2.05, 4.69) is 25.9 Å². The number of amides is 1. The zero-order chi connectivity index (χ0) is 22.6. The lowest BCUT2D eigenvalue weighted by molar-refractivity contribution is 0.102. The highest BCUT2D eigenvalue weighted by atomic mass is 19.1. The van der Waals surface area contributed by atoms with Crippen LogP contribution in [0.3, 0.4) is 0 Å². The van der Waals surface area contributed by atoms with Gasteiger partial charge in [0, 0.05) is 28.8 Å². The highest BCUT2D eigenvalue weighted by Gasteiger charge is 2.14. The summed E-state index contributed by atoms with van der Waals surface area (Å²) in [5.74, 6) is 0.449. The van der Waals surface area contributed by atoms with E-state index >= 15 is 0 Å². The summed E-state index contributed by atoms with van der Waals surface area (Å²) in [6.45, 7) is 2.01. The van der Waals surface area contributed by atoms with Crippen molar-refractivity contribution in [3.63, 3.8) is 0 Å². The lowest BCUT2D eigenvalue weighted by Crippen LogP contribution is -2.35. The number of anilines is 2. The van der Waals surface area contributed by atoms with Crippen molar-refractivity contribution < 1.29 is 9.18 Å². The minimum Gasteiger partial charge on any atom is -0.366 e. The first-order valence-electron chi connectivity index (χ1n) is 10.9. The van der Waals surface area contributed by atoms with Gasteiger partial charge in [-0.25, -0.2) is 14.4 Å². The van der Waals surface area contributed by atoms with E-state index in [1.807, 2.05) is 24.3 Å². The number of nitrogens with zero attached hydrogens (tertiary/aromatic N) is 3. The molecule has 8 heteroatoms. The molecule has 33 heavy (non-hydrogen) atoms. The summed E-state index contributed by atoms with van der Waals surface area (Å²) in [7, 11) is 0. The Hall–Kier alpha value is -3.91. The normalized spacial score (nSPS) is 14.2. The SMILES string of the molecule is O=C(Nc1cc2cc(-c3cncc(NC4CCNCC4)n3)ccc2cn1)c1ccc(F)cc1. The summed E-state index contributed by atoms with van der Waals surface area (Å²) in [4.78, 5) is 25.9. The van der Waals surface area contributed by atoms with Crippen molar-refractivity contribution in [3.05, 3.63) is 78.5 Å². The Morgan fingerprint density at radius 1 is 0.939 bits per heavy atom. The third kappa shape index (κ3) is 4.96. The number of piperidine rings is 1. The van der Waals surface area contributed by atoms with Gasteiger partial charge in [0.2, 0.25) is 0 Å². The fourth-order valence-electron chi connectivity index (χ4n) is 3.91. The van der Waals surface area contributed by atoms with E-state index < -0.39 is 0 Å². The van der Waals surface area contributed by atoms with Crippen LogP contribution < -0.4 is 16.0 Å².